The molecule has 0 aliphatic heterocycles. The summed E-state index contributed by atoms with van der Waals surface area (Å²) in [6, 6.07) is 0. The van der Waals surface area contributed by atoms with Crippen LogP contribution in [-0.4, -0.2) is 96.7 Å². The van der Waals surface area contributed by atoms with Crippen LogP contribution in [-0.2, 0) is 52.5 Å². The summed E-state index contributed by atoms with van der Waals surface area (Å²) in [5.41, 5.74) is 0. The molecule has 0 rings (SSSR count). The van der Waals surface area contributed by atoms with E-state index in [2.05, 4.69) is 4.74 Å². The van der Waals surface area contributed by atoms with Crippen LogP contribution < -0.4 is 0 Å². The molecule has 0 saturated carbocycles. The Kier molecular flexibility index (Phi) is 16.8. The molecule has 0 aromatic heterocycles. The van der Waals surface area contributed by atoms with Crippen molar-refractivity contribution >= 4 is 24.1 Å². The molecule has 0 spiro atoms. The lowest BCUT2D eigenvalue weighted by molar-refractivity contribution is -0.301. The van der Waals surface area contributed by atoms with Crippen LogP contribution in [0.4, 0.5) is 9.59 Å². The average molecular weight is 454 g/mol. The Balaban J connectivity index is 3.68. The maximum Gasteiger partial charge on any atom is 0.509 e. The van der Waals surface area contributed by atoms with Gasteiger partial charge < -0.3 is 33.2 Å². The van der Waals surface area contributed by atoms with E-state index in [1.165, 1.54) is 28.1 Å². The van der Waals surface area contributed by atoms with Gasteiger partial charge in [0.2, 0.25) is 0 Å². The van der Waals surface area contributed by atoms with Crippen molar-refractivity contribution in [1.29, 1.82) is 0 Å². The Morgan fingerprint density at radius 1 is 0.613 bits per heavy atom. The highest BCUT2D eigenvalue weighted by molar-refractivity contribution is 5.84. The van der Waals surface area contributed by atoms with E-state index in [1.54, 1.807) is 0 Å². The third kappa shape index (κ3) is 16.0. The van der Waals surface area contributed by atoms with E-state index in [0.717, 1.165) is 0 Å². The van der Waals surface area contributed by atoms with E-state index in [1.807, 2.05) is 0 Å². The summed E-state index contributed by atoms with van der Waals surface area (Å²) >= 11 is 0. The molecule has 13 nitrogen and oxygen atoms in total. The van der Waals surface area contributed by atoms with Gasteiger partial charge in [0, 0.05) is 20.6 Å². The Labute approximate surface area is 180 Å². The average Bonchev–Trinajstić information content (AvgIpc) is 2.73. The minimum absolute atomic E-state index is 0.0379. The molecule has 2 atom stereocenters. The van der Waals surface area contributed by atoms with Gasteiger partial charge in [-0.1, -0.05) is 0 Å². The maximum atomic E-state index is 11.6. The first-order valence-electron chi connectivity index (χ1n) is 9.40. The SMILES string of the molecule is COCCOC(=O)[C@H](C)OC(=O)OCCOOCCOC(=O)O[C@@H](C)C(=O)CCOC. The van der Waals surface area contributed by atoms with Crippen molar-refractivity contribution in [2.45, 2.75) is 32.5 Å². The molecule has 0 radical (unpaired) electrons. The highest BCUT2D eigenvalue weighted by Gasteiger charge is 2.20. The molecular weight excluding hydrogens is 424 g/mol. The van der Waals surface area contributed by atoms with Gasteiger partial charge in [-0.3, -0.25) is 4.79 Å². The van der Waals surface area contributed by atoms with Gasteiger partial charge in [-0.15, -0.1) is 0 Å². The number of ether oxygens (including phenoxy) is 7. The van der Waals surface area contributed by atoms with Gasteiger partial charge in [0.25, 0.3) is 0 Å². The highest BCUT2D eigenvalue weighted by atomic mass is 17.2. The molecule has 0 fully saturated rings. The molecule has 0 heterocycles. The van der Waals surface area contributed by atoms with Crippen molar-refractivity contribution < 1.29 is 62.1 Å². The highest BCUT2D eigenvalue weighted by Crippen LogP contribution is 2.00. The summed E-state index contributed by atoms with van der Waals surface area (Å²) in [6.07, 6.45) is -4.08. The molecule has 0 saturated heterocycles. The van der Waals surface area contributed by atoms with Gasteiger partial charge in [0.1, 0.15) is 33.0 Å². The lowest BCUT2D eigenvalue weighted by atomic mass is 10.2. The molecule has 0 N–H and O–H groups in total. The summed E-state index contributed by atoms with van der Waals surface area (Å²) in [5.74, 6) is -1.03. The number of hydrogen-bond donors (Lipinski definition) is 0. The van der Waals surface area contributed by atoms with E-state index in [-0.39, 0.29) is 58.5 Å². The zero-order chi connectivity index (χ0) is 23.5. The number of ketones is 1. The summed E-state index contributed by atoms with van der Waals surface area (Å²) in [7, 11) is 2.91. The minimum atomic E-state index is -1.14. The van der Waals surface area contributed by atoms with Crippen molar-refractivity contribution in [2.24, 2.45) is 0 Å². The van der Waals surface area contributed by atoms with Gasteiger partial charge in [0.15, 0.2) is 18.0 Å². The molecule has 0 unspecified atom stereocenters. The number of esters is 1. The Morgan fingerprint density at radius 3 is 1.61 bits per heavy atom. The van der Waals surface area contributed by atoms with Crippen LogP contribution in [0, 0.1) is 0 Å². The fourth-order valence-electron chi connectivity index (χ4n) is 1.66. The Bertz CT molecular complexity index is 537. The van der Waals surface area contributed by atoms with Crippen molar-refractivity contribution in [2.75, 3.05) is 60.5 Å². The first-order chi connectivity index (χ1) is 14.8. The van der Waals surface area contributed by atoms with Crippen molar-refractivity contribution in [3.8, 4) is 0 Å². The minimum Gasteiger partial charge on any atom is -0.461 e. The van der Waals surface area contributed by atoms with Crippen molar-refractivity contribution in [1.82, 2.24) is 0 Å². The van der Waals surface area contributed by atoms with Crippen molar-refractivity contribution in [3.05, 3.63) is 0 Å². The van der Waals surface area contributed by atoms with E-state index in [4.69, 9.17) is 38.2 Å². The molecule has 0 bridgehead atoms. The van der Waals surface area contributed by atoms with Gasteiger partial charge >= 0.3 is 18.3 Å². The molecular formula is C18H30O13. The normalized spacial score (nSPS) is 12.4. The molecule has 31 heavy (non-hydrogen) atoms. The number of hydrogen-bond acceptors (Lipinski definition) is 13. The number of methoxy groups -OCH3 is 2. The van der Waals surface area contributed by atoms with E-state index >= 15 is 0 Å². The number of rotatable bonds is 17. The summed E-state index contributed by atoms with van der Waals surface area (Å²) in [6.45, 7) is 2.57. The maximum absolute atomic E-state index is 11.6. The van der Waals surface area contributed by atoms with Crippen molar-refractivity contribution in [3.63, 3.8) is 0 Å². The lowest BCUT2D eigenvalue weighted by Gasteiger charge is -2.13. The van der Waals surface area contributed by atoms with E-state index < -0.39 is 30.5 Å². The molecule has 0 aromatic carbocycles. The zero-order valence-corrected chi connectivity index (χ0v) is 18.1. The first kappa shape index (κ1) is 28.5. The van der Waals surface area contributed by atoms with Gasteiger partial charge in [-0.05, 0) is 13.8 Å². The zero-order valence-electron chi connectivity index (χ0n) is 18.1. The number of carbonyl (C=O) groups excluding carboxylic acids is 4. The quantitative estimate of drug-likeness (QED) is 0.100. The fourth-order valence-corrected chi connectivity index (χ4v) is 1.66. The predicted molar refractivity (Wildman–Crippen MR) is 100 cm³/mol. The molecule has 0 aliphatic carbocycles. The number of carbonyl (C=O) groups is 4. The van der Waals surface area contributed by atoms with Crippen LogP contribution in [0.15, 0.2) is 0 Å². The third-order valence-corrected chi connectivity index (χ3v) is 3.27. The molecule has 0 amide bonds. The van der Waals surface area contributed by atoms with Crippen LogP contribution in [0.5, 0.6) is 0 Å². The Hall–Kier alpha value is -2.48. The van der Waals surface area contributed by atoms with Crippen LogP contribution in [0.25, 0.3) is 0 Å². The van der Waals surface area contributed by atoms with Crippen LogP contribution >= 0.6 is 0 Å². The second-order valence-corrected chi connectivity index (χ2v) is 5.73. The summed E-state index contributed by atoms with van der Waals surface area (Å²) in [4.78, 5) is 55.3. The molecule has 0 aliphatic rings. The molecule has 180 valence electrons. The Morgan fingerprint density at radius 2 is 1.10 bits per heavy atom. The monoisotopic (exact) mass is 454 g/mol. The second kappa shape index (κ2) is 18.3. The molecule has 13 heteroatoms. The van der Waals surface area contributed by atoms with Gasteiger partial charge in [-0.2, -0.15) is 0 Å². The number of Topliss-reactive ketones (excluding diaryl/α,β-unsaturated/α-hetero) is 1. The van der Waals surface area contributed by atoms with E-state index in [0.29, 0.717) is 0 Å². The summed E-state index contributed by atoms with van der Waals surface area (Å²) < 4.78 is 33.1. The van der Waals surface area contributed by atoms with Gasteiger partial charge in [-0.25, -0.2) is 24.2 Å². The smallest absolute Gasteiger partial charge is 0.461 e. The largest absolute Gasteiger partial charge is 0.509 e. The van der Waals surface area contributed by atoms with Crippen LogP contribution in [0.3, 0.4) is 0 Å². The van der Waals surface area contributed by atoms with E-state index in [9.17, 15) is 19.2 Å². The third-order valence-electron chi connectivity index (χ3n) is 3.27. The van der Waals surface area contributed by atoms with Crippen LogP contribution in [0.2, 0.25) is 0 Å². The topological polar surface area (TPSA) is 151 Å². The van der Waals surface area contributed by atoms with Crippen LogP contribution in [0.1, 0.15) is 20.3 Å². The second-order valence-electron chi connectivity index (χ2n) is 5.73. The first-order valence-corrected chi connectivity index (χ1v) is 9.40. The summed E-state index contributed by atoms with van der Waals surface area (Å²) in [5, 5.41) is 0. The predicted octanol–water partition coefficient (Wildman–Crippen LogP) is 0.813. The lowest BCUT2D eigenvalue weighted by Crippen LogP contribution is -2.28. The standard InChI is InChI=1S/C18H30O13/c1-13(15(19)5-6-23-3)30-17(21)26-9-11-28-29-12-10-27-18(22)31-14(2)16(20)25-8-7-24-4/h13-14H,5-12H2,1-4H3/t13-,14-/m0/s1. The molecule has 0 aromatic rings. The van der Waals surface area contributed by atoms with Gasteiger partial charge in [0.05, 0.1) is 13.2 Å². The fraction of sp³-hybridized carbons (Fsp3) is 0.778.